The highest BCUT2D eigenvalue weighted by molar-refractivity contribution is 5.94. The van der Waals surface area contributed by atoms with E-state index in [1.54, 1.807) is 19.5 Å². The molecule has 3 heterocycles. The number of piperidine rings is 1. The molecule has 1 aliphatic rings. The summed E-state index contributed by atoms with van der Waals surface area (Å²) in [6.45, 7) is 3.15. The molecule has 154 valence electrons. The Morgan fingerprint density at radius 3 is 2.63 bits per heavy atom. The minimum Gasteiger partial charge on any atom is -0.380 e. The van der Waals surface area contributed by atoms with Gasteiger partial charge in [0.15, 0.2) is 0 Å². The van der Waals surface area contributed by atoms with Gasteiger partial charge < -0.3 is 9.64 Å². The van der Waals surface area contributed by atoms with Crippen LogP contribution in [0.3, 0.4) is 0 Å². The molecule has 3 aromatic rings. The molecule has 1 aromatic carbocycles. The van der Waals surface area contributed by atoms with Crippen molar-refractivity contribution in [1.82, 2.24) is 19.9 Å². The molecule has 30 heavy (non-hydrogen) atoms. The van der Waals surface area contributed by atoms with Crippen molar-refractivity contribution in [2.24, 2.45) is 0 Å². The first-order valence-electron chi connectivity index (χ1n) is 10.3. The van der Waals surface area contributed by atoms with Gasteiger partial charge in [-0.3, -0.25) is 9.78 Å². The van der Waals surface area contributed by atoms with E-state index in [-0.39, 0.29) is 11.9 Å². The summed E-state index contributed by atoms with van der Waals surface area (Å²) in [5.41, 5.74) is 4.64. The van der Waals surface area contributed by atoms with E-state index in [1.165, 1.54) is 0 Å². The maximum atomic E-state index is 13.4. The number of carbonyl (C=O) groups excluding carboxylic acids is 1. The molecule has 1 saturated heterocycles. The van der Waals surface area contributed by atoms with Gasteiger partial charge in [-0.1, -0.05) is 12.1 Å². The molecule has 6 heteroatoms. The van der Waals surface area contributed by atoms with Gasteiger partial charge in [0.1, 0.15) is 5.82 Å². The Bertz CT molecular complexity index is 1010. The molecule has 0 bridgehead atoms. The Morgan fingerprint density at radius 2 is 1.90 bits per heavy atom. The van der Waals surface area contributed by atoms with Gasteiger partial charge in [-0.2, -0.15) is 0 Å². The zero-order chi connectivity index (χ0) is 20.9. The second-order valence-electron chi connectivity index (χ2n) is 7.59. The number of aromatic nitrogens is 3. The summed E-state index contributed by atoms with van der Waals surface area (Å²) in [6.07, 6.45) is 8.36. The maximum Gasteiger partial charge on any atom is 0.254 e. The number of likely N-dealkylation sites (tertiary alicyclic amines) is 1. The van der Waals surface area contributed by atoms with Crippen LogP contribution >= 0.6 is 0 Å². The Morgan fingerprint density at radius 1 is 1.13 bits per heavy atom. The van der Waals surface area contributed by atoms with E-state index in [2.05, 4.69) is 9.97 Å². The number of amides is 1. The van der Waals surface area contributed by atoms with Crippen molar-refractivity contribution in [3.63, 3.8) is 0 Å². The smallest absolute Gasteiger partial charge is 0.254 e. The maximum absolute atomic E-state index is 13.4. The monoisotopic (exact) mass is 402 g/mol. The zero-order valence-electron chi connectivity index (χ0n) is 17.4. The minimum atomic E-state index is -0.0743. The van der Waals surface area contributed by atoms with Crippen LogP contribution in [-0.2, 0) is 11.3 Å². The fourth-order valence-electron chi connectivity index (χ4n) is 4.03. The highest BCUT2D eigenvalue weighted by Gasteiger charge is 2.31. The molecule has 2 aromatic heterocycles. The summed E-state index contributed by atoms with van der Waals surface area (Å²) in [5, 5.41) is 0. The molecule has 1 fully saturated rings. The molecule has 1 aliphatic heterocycles. The third-order valence-corrected chi connectivity index (χ3v) is 5.52. The van der Waals surface area contributed by atoms with Crippen molar-refractivity contribution in [2.75, 3.05) is 13.7 Å². The number of hydrogen-bond acceptors (Lipinski definition) is 5. The lowest BCUT2D eigenvalue weighted by Gasteiger charge is -2.36. The number of carbonyl (C=O) groups is 1. The molecule has 0 spiro atoms. The molecular weight excluding hydrogens is 376 g/mol. The van der Waals surface area contributed by atoms with E-state index in [1.807, 2.05) is 54.4 Å². The molecule has 1 amide bonds. The summed E-state index contributed by atoms with van der Waals surface area (Å²) in [5.74, 6) is 0.755. The van der Waals surface area contributed by atoms with Crippen molar-refractivity contribution in [2.45, 2.75) is 38.8 Å². The van der Waals surface area contributed by atoms with E-state index in [0.717, 1.165) is 48.2 Å². The van der Waals surface area contributed by atoms with Crippen LogP contribution in [0.5, 0.6) is 0 Å². The normalized spacial score (nSPS) is 16.5. The number of ether oxygens (including phenoxy) is 1. The number of pyridine rings is 1. The molecule has 0 radical (unpaired) electrons. The topological polar surface area (TPSA) is 68.2 Å². The van der Waals surface area contributed by atoms with Gasteiger partial charge in [0.05, 0.1) is 18.3 Å². The number of aryl methyl sites for hydroxylation is 1. The van der Waals surface area contributed by atoms with Gasteiger partial charge in [0.2, 0.25) is 0 Å². The second kappa shape index (κ2) is 9.13. The third-order valence-electron chi connectivity index (χ3n) is 5.52. The van der Waals surface area contributed by atoms with Crippen LogP contribution in [0.15, 0.2) is 55.0 Å². The first-order valence-corrected chi connectivity index (χ1v) is 10.3. The lowest BCUT2D eigenvalue weighted by molar-refractivity contribution is 0.0606. The van der Waals surface area contributed by atoms with Crippen molar-refractivity contribution in [3.8, 4) is 11.1 Å². The summed E-state index contributed by atoms with van der Waals surface area (Å²) in [7, 11) is 1.67. The van der Waals surface area contributed by atoms with Gasteiger partial charge in [-0.15, -0.1) is 0 Å². The minimum absolute atomic E-state index is 0.0422. The third kappa shape index (κ3) is 4.24. The predicted molar refractivity (Wildman–Crippen MR) is 115 cm³/mol. The molecule has 0 aliphatic carbocycles. The van der Waals surface area contributed by atoms with E-state index >= 15 is 0 Å². The predicted octanol–water partition coefficient (Wildman–Crippen LogP) is 4.36. The molecule has 0 saturated carbocycles. The zero-order valence-corrected chi connectivity index (χ0v) is 17.4. The van der Waals surface area contributed by atoms with Crippen LogP contribution < -0.4 is 0 Å². The number of nitrogens with zero attached hydrogens (tertiary/aromatic N) is 4. The van der Waals surface area contributed by atoms with Crippen molar-refractivity contribution in [3.05, 3.63) is 77.6 Å². The number of benzene rings is 1. The highest BCUT2D eigenvalue weighted by Crippen LogP contribution is 2.36. The van der Waals surface area contributed by atoms with Crippen molar-refractivity contribution < 1.29 is 9.53 Å². The lowest BCUT2D eigenvalue weighted by Crippen LogP contribution is -2.39. The van der Waals surface area contributed by atoms with E-state index in [4.69, 9.17) is 9.72 Å². The molecule has 6 nitrogen and oxygen atoms in total. The van der Waals surface area contributed by atoms with E-state index < -0.39 is 0 Å². The Balaban J connectivity index is 1.69. The summed E-state index contributed by atoms with van der Waals surface area (Å²) in [4.78, 5) is 28.7. The Hall–Kier alpha value is -3.12. The van der Waals surface area contributed by atoms with Crippen LogP contribution in [0.4, 0.5) is 0 Å². The average molecular weight is 402 g/mol. The highest BCUT2D eigenvalue weighted by atomic mass is 16.5. The number of hydrogen-bond donors (Lipinski definition) is 0. The van der Waals surface area contributed by atoms with Crippen LogP contribution in [-0.4, -0.2) is 39.4 Å². The van der Waals surface area contributed by atoms with Gasteiger partial charge >= 0.3 is 0 Å². The first-order chi connectivity index (χ1) is 14.7. The quantitative estimate of drug-likeness (QED) is 0.634. The van der Waals surface area contributed by atoms with Crippen molar-refractivity contribution in [1.29, 1.82) is 0 Å². The molecule has 0 N–H and O–H groups in total. The van der Waals surface area contributed by atoms with Crippen LogP contribution in [0.1, 0.15) is 52.7 Å². The fourth-order valence-corrected chi connectivity index (χ4v) is 4.03. The molecular formula is C24H26N4O2. The molecule has 4 rings (SSSR count). The summed E-state index contributed by atoms with van der Waals surface area (Å²) in [6, 6.07) is 11.5. The van der Waals surface area contributed by atoms with Gasteiger partial charge in [-0.05, 0) is 61.6 Å². The Labute approximate surface area is 177 Å². The van der Waals surface area contributed by atoms with Crippen LogP contribution in [0.25, 0.3) is 11.1 Å². The van der Waals surface area contributed by atoms with Crippen LogP contribution in [0, 0.1) is 6.92 Å². The summed E-state index contributed by atoms with van der Waals surface area (Å²) < 4.78 is 5.17. The fraction of sp³-hybridized carbons (Fsp3) is 0.333. The van der Waals surface area contributed by atoms with Crippen molar-refractivity contribution >= 4 is 5.91 Å². The largest absolute Gasteiger partial charge is 0.380 e. The lowest BCUT2D eigenvalue weighted by atomic mass is 9.93. The van der Waals surface area contributed by atoms with E-state index in [9.17, 15) is 4.79 Å². The molecule has 1 atom stereocenters. The summed E-state index contributed by atoms with van der Waals surface area (Å²) >= 11 is 0. The average Bonchev–Trinajstić information content (AvgIpc) is 2.80. The van der Waals surface area contributed by atoms with Gasteiger partial charge in [0.25, 0.3) is 5.91 Å². The van der Waals surface area contributed by atoms with E-state index in [0.29, 0.717) is 18.0 Å². The van der Waals surface area contributed by atoms with Crippen LogP contribution in [0.2, 0.25) is 0 Å². The first kappa shape index (κ1) is 20.2. The van der Waals surface area contributed by atoms with Gasteiger partial charge in [-0.25, -0.2) is 9.97 Å². The number of rotatable bonds is 5. The second-order valence-corrected chi connectivity index (χ2v) is 7.59. The molecule has 0 unspecified atom stereocenters. The SMILES string of the molecule is COCc1ccc(C(=O)N2CCCC[C@H]2c2nc(C)ncc2-c2ccncc2)cc1. The standard InChI is InChI=1S/C24H26N4O2/c1-17-26-15-21(19-10-12-25-13-11-19)23(27-17)22-5-3-4-14-28(22)24(29)20-8-6-18(7-9-20)16-30-2/h6-13,15,22H,3-5,14,16H2,1-2H3/t22-/m0/s1. The number of methoxy groups -OCH3 is 1. The Kier molecular flexibility index (Phi) is 6.14. The van der Waals surface area contributed by atoms with Gasteiger partial charge in [0, 0.05) is 43.4 Å².